The van der Waals surface area contributed by atoms with Crippen molar-refractivity contribution in [2.45, 2.75) is 65.3 Å². The summed E-state index contributed by atoms with van der Waals surface area (Å²) >= 11 is 1.83. The first-order chi connectivity index (χ1) is 8.91. The first-order valence-electron chi connectivity index (χ1n) is 7.60. The van der Waals surface area contributed by atoms with Gasteiger partial charge in [-0.25, -0.2) is 4.98 Å². The quantitative estimate of drug-likeness (QED) is 0.851. The topological polar surface area (TPSA) is 24.9 Å². The fourth-order valence-corrected chi connectivity index (χ4v) is 3.67. The minimum Gasteiger partial charge on any atom is -0.314 e. The van der Waals surface area contributed by atoms with E-state index in [1.807, 2.05) is 11.3 Å². The van der Waals surface area contributed by atoms with Crippen LogP contribution in [0.15, 0.2) is 5.38 Å². The molecule has 3 heteroatoms. The maximum atomic E-state index is 4.84. The fraction of sp³-hybridized carbons (Fsp3) is 0.812. The van der Waals surface area contributed by atoms with E-state index in [0.29, 0.717) is 6.04 Å². The summed E-state index contributed by atoms with van der Waals surface area (Å²) in [6, 6.07) is 0.594. The molecule has 2 atom stereocenters. The summed E-state index contributed by atoms with van der Waals surface area (Å²) < 4.78 is 0. The lowest BCUT2D eigenvalue weighted by molar-refractivity contribution is 0.344. The molecule has 108 valence electrons. The van der Waals surface area contributed by atoms with Gasteiger partial charge >= 0.3 is 0 Å². The Bertz CT molecular complexity index is 401. The normalized spacial score (nSPS) is 19.4. The van der Waals surface area contributed by atoms with Crippen molar-refractivity contribution in [2.75, 3.05) is 6.54 Å². The molecule has 0 bridgehead atoms. The number of nitrogens with one attached hydrogen (secondary N) is 1. The van der Waals surface area contributed by atoms with Crippen molar-refractivity contribution < 1.29 is 0 Å². The number of hydrogen-bond acceptors (Lipinski definition) is 3. The van der Waals surface area contributed by atoms with Crippen LogP contribution in [-0.2, 0) is 11.8 Å². The van der Waals surface area contributed by atoms with Gasteiger partial charge < -0.3 is 5.32 Å². The summed E-state index contributed by atoms with van der Waals surface area (Å²) in [5.41, 5.74) is 1.41. The minimum absolute atomic E-state index is 0.171. The highest BCUT2D eigenvalue weighted by molar-refractivity contribution is 7.09. The summed E-state index contributed by atoms with van der Waals surface area (Å²) in [6.45, 7) is 12.4. The van der Waals surface area contributed by atoms with Crippen LogP contribution in [0.2, 0.25) is 0 Å². The predicted molar refractivity (Wildman–Crippen MR) is 83.9 cm³/mol. The van der Waals surface area contributed by atoms with Gasteiger partial charge in [-0.15, -0.1) is 11.3 Å². The van der Waals surface area contributed by atoms with E-state index in [1.165, 1.54) is 23.5 Å². The highest BCUT2D eigenvalue weighted by Crippen LogP contribution is 2.39. The molecule has 1 saturated carbocycles. The molecule has 1 aromatic rings. The first kappa shape index (κ1) is 15.0. The maximum absolute atomic E-state index is 4.84. The molecule has 2 unspecified atom stereocenters. The van der Waals surface area contributed by atoms with Crippen LogP contribution in [0.1, 0.15) is 58.2 Å². The zero-order chi connectivity index (χ0) is 14.0. The molecule has 0 aromatic carbocycles. The van der Waals surface area contributed by atoms with E-state index < -0.39 is 0 Å². The van der Waals surface area contributed by atoms with Gasteiger partial charge in [0.2, 0.25) is 0 Å². The van der Waals surface area contributed by atoms with Crippen molar-refractivity contribution in [1.29, 1.82) is 0 Å². The van der Waals surface area contributed by atoms with Gasteiger partial charge in [-0.3, -0.25) is 0 Å². The average Bonchev–Trinajstić information content (AvgIpc) is 3.06. The number of likely N-dealkylation sites (N-methyl/N-ethyl adjacent to an activating group) is 1. The van der Waals surface area contributed by atoms with Crippen LogP contribution in [0.3, 0.4) is 0 Å². The summed E-state index contributed by atoms with van der Waals surface area (Å²) in [4.78, 5) is 4.84. The third-order valence-corrected chi connectivity index (χ3v) is 5.05. The van der Waals surface area contributed by atoms with Crippen LogP contribution in [0.5, 0.6) is 0 Å². The Balaban J connectivity index is 2.02. The largest absolute Gasteiger partial charge is 0.314 e. The van der Waals surface area contributed by atoms with Crippen LogP contribution in [-0.4, -0.2) is 17.6 Å². The Kier molecular flexibility index (Phi) is 4.67. The minimum atomic E-state index is 0.171. The monoisotopic (exact) mass is 280 g/mol. The Morgan fingerprint density at radius 2 is 2.11 bits per heavy atom. The zero-order valence-electron chi connectivity index (χ0n) is 13.0. The van der Waals surface area contributed by atoms with Gasteiger partial charge in [0.1, 0.15) is 0 Å². The molecule has 1 aliphatic rings. The fourth-order valence-electron chi connectivity index (χ4n) is 2.59. The highest BCUT2D eigenvalue weighted by Gasteiger charge is 2.33. The molecule has 0 amide bonds. The van der Waals surface area contributed by atoms with Gasteiger partial charge in [0.15, 0.2) is 0 Å². The Morgan fingerprint density at radius 3 is 2.58 bits per heavy atom. The van der Waals surface area contributed by atoms with Gasteiger partial charge in [0, 0.05) is 23.3 Å². The van der Waals surface area contributed by atoms with Crippen molar-refractivity contribution in [3.63, 3.8) is 0 Å². The van der Waals surface area contributed by atoms with E-state index in [0.717, 1.165) is 24.8 Å². The van der Waals surface area contributed by atoms with Crippen LogP contribution in [0, 0.1) is 11.8 Å². The Labute approximate surface area is 122 Å². The smallest absolute Gasteiger partial charge is 0.0944 e. The number of rotatable bonds is 6. The van der Waals surface area contributed by atoms with E-state index in [9.17, 15) is 0 Å². The zero-order valence-corrected chi connectivity index (χ0v) is 13.8. The van der Waals surface area contributed by atoms with E-state index in [2.05, 4.69) is 45.3 Å². The lowest BCUT2D eigenvalue weighted by Gasteiger charge is -2.24. The van der Waals surface area contributed by atoms with Crippen LogP contribution < -0.4 is 5.32 Å². The molecule has 0 saturated heterocycles. The summed E-state index contributed by atoms with van der Waals surface area (Å²) in [5.74, 6) is 1.73. The van der Waals surface area contributed by atoms with Crippen LogP contribution in [0.25, 0.3) is 0 Å². The highest BCUT2D eigenvalue weighted by atomic mass is 32.1. The lowest BCUT2D eigenvalue weighted by Crippen LogP contribution is -2.37. The van der Waals surface area contributed by atoms with E-state index in [1.54, 1.807) is 0 Å². The van der Waals surface area contributed by atoms with Crippen molar-refractivity contribution in [3.05, 3.63) is 16.1 Å². The molecule has 1 heterocycles. The van der Waals surface area contributed by atoms with Gasteiger partial charge in [0.05, 0.1) is 10.7 Å². The lowest BCUT2D eigenvalue weighted by atomic mass is 9.93. The van der Waals surface area contributed by atoms with Gasteiger partial charge in [-0.2, -0.15) is 0 Å². The van der Waals surface area contributed by atoms with E-state index >= 15 is 0 Å². The van der Waals surface area contributed by atoms with Gasteiger partial charge in [-0.1, -0.05) is 34.6 Å². The molecule has 0 spiro atoms. The molecular formula is C16H28N2S. The molecule has 1 fully saturated rings. The number of hydrogen-bond donors (Lipinski definition) is 1. The molecule has 2 nitrogen and oxygen atoms in total. The molecule has 0 aliphatic heterocycles. The summed E-state index contributed by atoms with van der Waals surface area (Å²) in [7, 11) is 0. The number of thiazole rings is 1. The second-order valence-corrected chi connectivity index (χ2v) is 7.88. The molecule has 2 rings (SSSR count). The summed E-state index contributed by atoms with van der Waals surface area (Å²) in [5, 5.41) is 7.20. The van der Waals surface area contributed by atoms with Gasteiger partial charge in [0.25, 0.3) is 0 Å². The number of nitrogens with zero attached hydrogens (tertiary/aromatic N) is 1. The number of aromatic nitrogens is 1. The SMILES string of the molecule is CCNC(Cc1nc(C(C)(C)C)cs1)C(C)C1CC1. The summed E-state index contributed by atoms with van der Waals surface area (Å²) in [6.07, 6.45) is 3.94. The van der Waals surface area contributed by atoms with E-state index in [-0.39, 0.29) is 5.41 Å². The first-order valence-corrected chi connectivity index (χ1v) is 8.48. The third-order valence-electron chi connectivity index (χ3n) is 4.18. The molecule has 1 aromatic heterocycles. The van der Waals surface area contributed by atoms with Crippen LogP contribution in [0.4, 0.5) is 0 Å². The van der Waals surface area contributed by atoms with Crippen molar-refractivity contribution in [3.8, 4) is 0 Å². The standard InChI is InChI=1S/C16H28N2S/c1-6-17-13(11(2)12-7-8-12)9-15-18-14(10-19-15)16(3,4)5/h10-13,17H,6-9H2,1-5H3. The average molecular weight is 280 g/mol. The second-order valence-electron chi connectivity index (χ2n) is 6.94. The van der Waals surface area contributed by atoms with Crippen molar-refractivity contribution in [2.24, 2.45) is 11.8 Å². The molecule has 1 N–H and O–H groups in total. The van der Waals surface area contributed by atoms with Crippen molar-refractivity contribution in [1.82, 2.24) is 10.3 Å². The molecule has 19 heavy (non-hydrogen) atoms. The van der Waals surface area contributed by atoms with Gasteiger partial charge in [-0.05, 0) is 31.2 Å². The van der Waals surface area contributed by atoms with Crippen molar-refractivity contribution >= 4 is 11.3 Å². The third kappa shape index (κ3) is 4.03. The molecule has 1 aliphatic carbocycles. The Hall–Kier alpha value is -0.410. The van der Waals surface area contributed by atoms with E-state index in [4.69, 9.17) is 4.98 Å². The van der Waals surface area contributed by atoms with Crippen LogP contribution >= 0.6 is 11.3 Å². The predicted octanol–water partition coefficient (Wildman–Crippen LogP) is 4.01. The second kappa shape index (κ2) is 5.92. The maximum Gasteiger partial charge on any atom is 0.0944 e. The molecule has 0 radical (unpaired) electrons. The Morgan fingerprint density at radius 1 is 1.42 bits per heavy atom. The molecular weight excluding hydrogens is 252 g/mol.